The number of anilines is 1. The first-order valence-electron chi connectivity index (χ1n) is 8.82. The molecule has 1 aliphatic heterocycles. The molecular weight excluding hydrogens is 384 g/mol. The lowest BCUT2D eigenvalue weighted by Gasteiger charge is -2.09. The summed E-state index contributed by atoms with van der Waals surface area (Å²) in [6.45, 7) is 3.98. The molecule has 0 saturated carbocycles. The van der Waals surface area contributed by atoms with Crippen molar-refractivity contribution in [3.63, 3.8) is 0 Å². The molecule has 0 aliphatic carbocycles. The van der Waals surface area contributed by atoms with Crippen LogP contribution in [0.2, 0.25) is 0 Å². The van der Waals surface area contributed by atoms with Gasteiger partial charge in [0.1, 0.15) is 5.82 Å². The molecule has 27 heavy (non-hydrogen) atoms. The highest BCUT2D eigenvalue weighted by atomic mass is 32.2. The quantitative estimate of drug-likeness (QED) is 0.736. The van der Waals surface area contributed by atoms with Crippen molar-refractivity contribution in [2.75, 3.05) is 22.6 Å². The van der Waals surface area contributed by atoms with Gasteiger partial charge in [0.25, 0.3) is 0 Å². The molecule has 2 aromatic rings. The smallest absolute Gasteiger partial charge is 0.234 e. The van der Waals surface area contributed by atoms with Gasteiger partial charge in [0.2, 0.25) is 5.91 Å². The van der Waals surface area contributed by atoms with Crippen molar-refractivity contribution >= 4 is 33.2 Å². The molecule has 0 radical (unpaired) electrons. The van der Waals surface area contributed by atoms with E-state index in [1.165, 1.54) is 11.8 Å². The molecule has 1 saturated heterocycles. The first-order valence-corrected chi connectivity index (χ1v) is 11.6. The van der Waals surface area contributed by atoms with Gasteiger partial charge in [-0.3, -0.25) is 4.79 Å². The fraction of sp³-hybridized carbons (Fsp3) is 0.500. The maximum Gasteiger partial charge on any atom is 0.234 e. The number of hydrogen-bond donors (Lipinski definition) is 1. The second-order valence-electron chi connectivity index (χ2n) is 7.09. The van der Waals surface area contributed by atoms with E-state index < -0.39 is 9.84 Å². The van der Waals surface area contributed by atoms with Gasteiger partial charge in [0, 0.05) is 19.2 Å². The highest BCUT2D eigenvalue weighted by molar-refractivity contribution is 7.99. The number of aryl methyl sites for hydroxylation is 2. The normalized spacial score (nSPS) is 18.6. The number of thioether (sulfide) groups is 1. The molecule has 2 heterocycles. The Labute approximate surface area is 163 Å². The van der Waals surface area contributed by atoms with Crippen LogP contribution in [0.1, 0.15) is 23.4 Å². The summed E-state index contributed by atoms with van der Waals surface area (Å²) in [5, 5.41) is 11.9. The standard InChI is InChI=1S/C18H24N4O3S2/c1-12-4-5-15(13(2)8-12)19-17(23)10-26-18-21-20-16(22(18)3)9-14-6-7-27(24,25)11-14/h4-5,8,14H,6-7,9-11H2,1-3H3,(H,19,23)/t14-/m0/s1. The van der Waals surface area contributed by atoms with E-state index >= 15 is 0 Å². The van der Waals surface area contributed by atoms with Crippen LogP contribution in [0.25, 0.3) is 0 Å². The molecule has 1 aromatic carbocycles. The number of aromatic nitrogens is 3. The highest BCUT2D eigenvalue weighted by Crippen LogP contribution is 2.24. The molecule has 1 aromatic heterocycles. The molecule has 0 spiro atoms. The molecule has 146 valence electrons. The van der Waals surface area contributed by atoms with Gasteiger partial charge in [-0.25, -0.2) is 8.42 Å². The van der Waals surface area contributed by atoms with Gasteiger partial charge in [0.05, 0.1) is 17.3 Å². The SMILES string of the molecule is Cc1ccc(NC(=O)CSc2nnc(C[C@@H]3CCS(=O)(=O)C3)n2C)c(C)c1. The maximum atomic E-state index is 12.2. The minimum absolute atomic E-state index is 0.0987. The Morgan fingerprint density at radius 1 is 1.33 bits per heavy atom. The molecule has 9 heteroatoms. The third-order valence-electron chi connectivity index (χ3n) is 4.71. The third-order valence-corrected chi connectivity index (χ3v) is 7.57. The summed E-state index contributed by atoms with van der Waals surface area (Å²) in [7, 11) is -1.04. The number of carbonyl (C=O) groups is 1. The van der Waals surface area contributed by atoms with Crippen molar-refractivity contribution in [3.8, 4) is 0 Å². The van der Waals surface area contributed by atoms with Crippen LogP contribution in [-0.4, -0.2) is 46.3 Å². The average molecular weight is 409 g/mol. The predicted octanol–water partition coefficient (Wildman–Crippen LogP) is 2.14. The summed E-state index contributed by atoms with van der Waals surface area (Å²) < 4.78 is 25.0. The first-order chi connectivity index (χ1) is 12.7. The largest absolute Gasteiger partial charge is 0.325 e. The molecule has 0 unspecified atom stereocenters. The summed E-state index contributed by atoms with van der Waals surface area (Å²) in [5.41, 5.74) is 3.00. The second-order valence-corrected chi connectivity index (χ2v) is 10.3. The number of nitrogens with zero attached hydrogens (tertiary/aromatic N) is 3. The van der Waals surface area contributed by atoms with E-state index in [9.17, 15) is 13.2 Å². The molecule has 0 bridgehead atoms. The molecule has 1 N–H and O–H groups in total. The van der Waals surface area contributed by atoms with Crippen LogP contribution in [0.5, 0.6) is 0 Å². The summed E-state index contributed by atoms with van der Waals surface area (Å²) in [6, 6.07) is 5.90. The van der Waals surface area contributed by atoms with Crippen molar-refractivity contribution in [1.29, 1.82) is 0 Å². The van der Waals surface area contributed by atoms with Crippen LogP contribution in [0, 0.1) is 19.8 Å². The third kappa shape index (κ3) is 5.10. The number of hydrogen-bond acceptors (Lipinski definition) is 6. The lowest BCUT2D eigenvalue weighted by molar-refractivity contribution is -0.113. The predicted molar refractivity (Wildman–Crippen MR) is 107 cm³/mol. The molecule has 7 nitrogen and oxygen atoms in total. The van der Waals surface area contributed by atoms with Crippen LogP contribution in [0.3, 0.4) is 0 Å². The topological polar surface area (TPSA) is 94.0 Å². The molecule has 1 fully saturated rings. The van der Waals surface area contributed by atoms with Gasteiger partial charge < -0.3 is 9.88 Å². The molecular formula is C18H24N4O3S2. The van der Waals surface area contributed by atoms with Crippen molar-refractivity contribution in [2.45, 2.75) is 31.8 Å². The fourth-order valence-electron chi connectivity index (χ4n) is 3.21. The zero-order chi connectivity index (χ0) is 19.6. The minimum atomic E-state index is -2.89. The summed E-state index contributed by atoms with van der Waals surface area (Å²) in [5.74, 6) is 1.48. The zero-order valence-electron chi connectivity index (χ0n) is 15.7. The Bertz CT molecular complexity index is 954. The lowest BCUT2D eigenvalue weighted by Crippen LogP contribution is -2.15. The zero-order valence-corrected chi connectivity index (χ0v) is 17.4. The van der Waals surface area contributed by atoms with Gasteiger partial charge in [-0.2, -0.15) is 0 Å². The van der Waals surface area contributed by atoms with E-state index in [-0.39, 0.29) is 29.1 Å². The number of benzene rings is 1. The molecule has 1 amide bonds. The van der Waals surface area contributed by atoms with Gasteiger partial charge in [-0.05, 0) is 37.8 Å². The number of amides is 1. The van der Waals surface area contributed by atoms with Gasteiger partial charge in [-0.15, -0.1) is 10.2 Å². The average Bonchev–Trinajstić information content (AvgIpc) is 3.11. The number of carbonyl (C=O) groups excluding carboxylic acids is 1. The van der Waals surface area contributed by atoms with Crippen molar-refractivity contribution in [2.24, 2.45) is 13.0 Å². The Balaban J connectivity index is 1.55. The van der Waals surface area contributed by atoms with E-state index in [2.05, 4.69) is 15.5 Å². The fourth-order valence-corrected chi connectivity index (χ4v) is 5.80. The highest BCUT2D eigenvalue weighted by Gasteiger charge is 2.29. The first kappa shape index (κ1) is 19.9. The van der Waals surface area contributed by atoms with E-state index in [0.717, 1.165) is 22.6 Å². The number of nitrogens with one attached hydrogen (secondary N) is 1. The van der Waals surface area contributed by atoms with Gasteiger partial charge in [0.15, 0.2) is 15.0 Å². The van der Waals surface area contributed by atoms with Crippen LogP contribution >= 0.6 is 11.8 Å². The van der Waals surface area contributed by atoms with Gasteiger partial charge >= 0.3 is 0 Å². The van der Waals surface area contributed by atoms with E-state index in [1.54, 1.807) is 0 Å². The van der Waals surface area contributed by atoms with Crippen LogP contribution in [-0.2, 0) is 28.1 Å². The van der Waals surface area contributed by atoms with Crippen molar-refractivity contribution < 1.29 is 13.2 Å². The number of sulfone groups is 1. The Morgan fingerprint density at radius 2 is 2.11 bits per heavy atom. The minimum Gasteiger partial charge on any atom is -0.325 e. The van der Waals surface area contributed by atoms with Gasteiger partial charge in [-0.1, -0.05) is 29.5 Å². The van der Waals surface area contributed by atoms with E-state index in [1.807, 2.05) is 43.7 Å². The van der Waals surface area contributed by atoms with Crippen LogP contribution in [0.4, 0.5) is 5.69 Å². The van der Waals surface area contributed by atoms with Crippen molar-refractivity contribution in [3.05, 3.63) is 35.2 Å². The molecule has 1 atom stereocenters. The van der Waals surface area contributed by atoms with E-state index in [4.69, 9.17) is 0 Å². The summed E-state index contributed by atoms with van der Waals surface area (Å²) in [4.78, 5) is 12.2. The molecule has 3 rings (SSSR count). The summed E-state index contributed by atoms with van der Waals surface area (Å²) >= 11 is 1.32. The monoisotopic (exact) mass is 408 g/mol. The Hall–Kier alpha value is -1.87. The number of rotatable bonds is 6. The maximum absolute atomic E-state index is 12.2. The van der Waals surface area contributed by atoms with E-state index in [0.29, 0.717) is 18.0 Å². The Morgan fingerprint density at radius 3 is 2.78 bits per heavy atom. The Kier molecular flexibility index (Phi) is 5.90. The van der Waals surface area contributed by atoms with Crippen LogP contribution < -0.4 is 5.32 Å². The molecule has 1 aliphatic rings. The van der Waals surface area contributed by atoms with Crippen LogP contribution in [0.15, 0.2) is 23.4 Å². The lowest BCUT2D eigenvalue weighted by atomic mass is 10.1. The van der Waals surface area contributed by atoms with Crippen molar-refractivity contribution in [1.82, 2.24) is 14.8 Å². The second kappa shape index (κ2) is 8.02. The summed E-state index contributed by atoms with van der Waals surface area (Å²) in [6.07, 6.45) is 1.27.